The van der Waals surface area contributed by atoms with Gasteiger partial charge in [-0.1, -0.05) is 26.0 Å². The molecule has 0 saturated carbocycles. The van der Waals surface area contributed by atoms with Crippen LogP contribution in [-0.4, -0.2) is 30.6 Å². The third kappa shape index (κ3) is 3.35. The third-order valence-electron chi connectivity index (χ3n) is 4.49. The second-order valence-corrected chi connectivity index (χ2v) is 8.93. The van der Waals surface area contributed by atoms with Crippen molar-refractivity contribution < 1.29 is 18.0 Å². The molecule has 0 saturated heterocycles. The summed E-state index contributed by atoms with van der Waals surface area (Å²) in [6.07, 6.45) is 0. The van der Waals surface area contributed by atoms with Gasteiger partial charge in [0.25, 0.3) is 21.8 Å². The van der Waals surface area contributed by atoms with E-state index in [4.69, 9.17) is 0 Å². The summed E-state index contributed by atoms with van der Waals surface area (Å²) in [6, 6.07) is 11.1. The molecule has 2 aromatic rings. The highest BCUT2D eigenvalue weighted by Crippen LogP contribution is 2.32. The lowest BCUT2D eigenvalue weighted by atomic mass is 10.0. The average molecular weight is 386 g/mol. The summed E-state index contributed by atoms with van der Waals surface area (Å²) in [5.74, 6) is -0.666. The van der Waals surface area contributed by atoms with E-state index in [2.05, 4.69) is 19.2 Å². The van der Waals surface area contributed by atoms with Gasteiger partial charge in [-0.05, 0) is 55.7 Å². The highest BCUT2D eigenvalue weighted by Gasteiger charge is 2.42. The quantitative estimate of drug-likeness (QED) is 0.870. The Kier molecular flexibility index (Phi) is 4.82. The van der Waals surface area contributed by atoms with Crippen LogP contribution in [0.4, 0.5) is 5.69 Å². The van der Waals surface area contributed by atoms with E-state index in [1.807, 2.05) is 18.2 Å². The van der Waals surface area contributed by atoms with Crippen molar-refractivity contribution in [1.29, 1.82) is 0 Å². The number of carbonyl (C=O) groups excluding carboxylic acids is 2. The second kappa shape index (κ2) is 6.81. The molecule has 0 radical (unpaired) electrons. The van der Waals surface area contributed by atoms with Gasteiger partial charge < -0.3 is 5.32 Å². The number of carbonyl (C=O) groups is 2. The van der Waals surface area contributed by atoms with Crippen LogP contribution in [0, 0.1) is 0 Å². The number of sulfonamides is 1. The van der Waals surface area contributed by atoms with Crippen molar-refractivity contribution in [2.24, 2.45) is 0 Å². The smallest absolute Gasteiger partial charge is 0.269 e. The monoisotopic (exact) mass is 386 g/mol. The largest absolute Gasteiger partial charge is 0.322 e. The van der Waals surface area contributed by atoms with Gasteiger partial charge in [0.15, 0.2) is 0 Å². The molecule has 1 aliphatic rings. The van der Waals surface area contributed by atoms with Crippen molar-refractivity contribution in [3.05, 3.63) is 59.2 Å². The fraction of sp³-hybridized carbons (Fsp3) is 0.300. The van der Waals surface area contributed by atoms with Gasteiger partial charge in [-0.15, -0.1) is 0 Å². The maximum atomic E-state index is 12.7. The first kappa shape index (κ1) is 19.1. The maximum absolute atomic E-state index is 12.7. The fourth-order valence-corrected chi connectivity index (χ4v) is 4.87. The molecule has 0 atom stereocenters. The number of fused-ring (bicyclic) bond motifs is 1. The Morgan fingerprint density at radius 3 is 2.37 bits per heavy atom. The van der Waals surface area contributed by atoms with Crippen molar-refractivity contribution in [3.63, 3.8) is 0 Å². The van der Waals surface area contributed by atoms with Crippen molar-refractivity contribution in [2.75, 3.05) is 5.32 Å². The van der Waals surface area contributed by atoms with Crippen molar-refractivity contribution in [3.8, 4) is 0 Å². The van der Waals surface area contributed by atoms with Gasteiger partial charge in [0.05, 0.1) is 5.56 Å². The molecule has 3 rings (SSSR count). The Bertz CT molecular complexity index is 1030. The van der Waals surface area contributed by atoms with E-state index in [1.54, 1.807) is 19.9 Å². The Labute approximate surface area is 159 Å². The average Bonchev–Trinajstić information content (AvgIpc) is 2.80. The summed E-state index contributed by atoms with van der Waals surface area (Å²) in [4.78, 5) is 24.9. The minimum absolute atomic E-state index is 0.0991. The Morgan fingerprint density at radius 2 is 1.74 bits per heavy atom. The summed E-state index contributed by atoms with van der Waals surface area (Å²) < 4.78 is 26.2. The molecular formula is C20H22N2O4S. The second-order valence-electron chi connectivity index (χ2n) is 7.14. The van der Waals surface area contributed by atoms with Crippen molar-refractivity contribution in [1.82, 2.24) is 4.31 Å². The lowest BCUT2D eigenvalue weighted by Crippen LogP contribution is -2.36. The molecule has 0 bridgehead atoms. The number of benzene rings is 2. The Hall–Kier alpha value is -2.67. The van der Waals surface area contributed by atoms with Crippen LogP contribution >= 0.6 is 0 Å². The summed E-state index contributed by atoms with van der Waals surface area (Å²) in [7, 11) is -3.94. The van der Waals surface area contributed by atoms with Gasteiger partial charge in [-0.25, -0.2) is 12.7 Å². The highest BCUT2D eigenvalue weighted by atomic mass is 32.2. The van der Waals surface area contributed by atoms with E-state index < -0.39 is 27.9 Å². The zero-order chi connectivity index (χ0) is 19.9. The topological polar surface area (TPSA) is 83.6 Å². The van der Waals surface area contributed by atoms with Gasteiger partial charge in [-0.2, -0.15) is 0 Å². The number of rotatable bonds is 4. The van der Waals surface area contributed by atoms with Crippen LogP contribution < -0.4 is 5.32 Å². The minimum atomic E-state index is -3.94. The van der Waals surface area contributed by atoms with Crippen LogP contribution in [0.5, 0.6) is 0 Å². The molecule has 0 fully saturated rings. The third-order valence-corrected chi connectivity index (χ3v) is 6.49. The maximum Gasteiger partial charge on any atom is 0.269 e. The molecule has 1 heterocycles. The van der Waals surface area contributed by atoms with Gasteiger partial charge in [-0.3, -0.25) is 9.59 Å². The SMILES string of the molecule is CC(C)c1cccc(NC(=O)c2ccc3c(c2)S(=O)(=O)N(C(C)C)C3=O)c1. The molecule has 0 spiro atoms. The number of nitrogens with one attached hydrogen (secondary N) is 1. The molecular weight excluding hydrogens is 364 g/mol. The lowest BCUT2D eigenvalue weighted by Gasteiger charge is -2.18. The number of hydrogen-bond acceptors (Lipinski definition) is 4. The van der Waals surface area contributed by atoms with Crippen LogP contribution in [0.2, 0.25) is 0 Å². The van der Waals surface area contributed by atoms with E-state index in [9.17, 15) is 18.0 Å². The van der Waals surface area contributed by atoms with E-state index in [-0.39, 0.29) is 16.0 Å². The summed E-state index contributed by atoms with van der Waals surface area (Å²) >= 11 is 0. The molecule has 0 aromatic heterocycles. The molecule has 1 N–H and O–H groups in total. The molecule has 1 aliphatic heterocycles. The summed E-state index contributed by atoms with van der Waals surface area (Å²) in [6.45, 7) is 7.39. The van der Waals surface area contributed by atoms with Gasteiger partial charge in [0.1, 0.15) is 4.90 Å². The Morgan fingerprint density at radius 1 is 1.04 bits per heavy atom. The predicted octanol–water partition coefficient (Wildman–Crippen LogP) is 3.62. The number of nitrogens with zero attached hydrogens (tertiary/aromatic N) is 1. The van der Waals surface area contributed by atoms with E-state index in [1.165, 1.54) is 18.2 Å². The molecule has 2 amide bonds. The molecule has 6 nitrogen and oxygen atoms in total. The van der Waals surface area contributed by atoms with E-state index in [0.717, 1.165) is 9.87 Å². The van der Waals surface area contributed by atoms with Gasteiger partial charge in [0, 0.05) is 17.3 Å². The predicted molar refractivity (Wildman–Crippen MR) is 103 cm³/mol. The molecule has 27 heavy (non-hydrogen) atoms. The Balaban J connectivity index is 1.93. The van der Waals surface area contributed by atoms with E-state index in [0.29, 0.717) is 11.6 Å². The zero-order valence-electron chi connectivity index (χ0n) is 15.7. The van der Waals surface area contributed by atoms with Crippen LogP contribution in [0.1, 0.15) is 59.9 Å². The molecule has 0 unspecified atom stereocenters. The molecule has 2 aromatic carbocycles. The number of hydrogen-bond donors (Lipinski definition) is 1. The molecule has 142 valence electrons. The number of amides is 2. The molecule has 7 heteroatoms. The van der Waals surface area contributed by atoms with E-state index >= 15 is 0 Å². The molecule has 0 aliphatic carbocycles. The summed E-state index contributed by atoms with van der Waals surface area (Å²) in [5, 5.41) is 2.78. The fourth-order valence-electron chi connectivity index (χ4n) is 3.08. The first-order chi connectivity index (χ1) is 12.6. The van der Waals surface area contributed by atoms with Crippen LogP contribution in [0.3, 0.4) is 0 Å². The lowest BCUT2D eigenvalue weighted by molar-refractivity contribution is 0.0846. The highest BCUT2D eigenvalue weighted by molar-refractivity contribution is 7.90. The van der Waals surface area contributed by atoms with Crippen molar-refractivity contribution in [2.45, 2.75) is 44.6 Å². The van der Waals surface area contributed by atoms with Gasteiger partial charge in [0.2, 0.25) is 0 Å². The van der Waals surface area contributed by atoms with Crippen LogP contribution in [0.15, 0.2) is 47.4 Å². The summed E-state index contributed by atoms with van der Waals surface area (Å²) in [5.41, 5.74) is 2.00. The zero-order valence-corrected chi connectivity index (χ0v) is 16.5. The van der Waals surface area contributed by atoms with Crippen molar-refractivity contribution >= 4 is 27.5 Å². The first-order valence-corrected chi connectivity index (χ1v) is 10.2. The van der Waals surface area contributed by atoms with Crippen LogP contribution in [-0.2, 0) is 10.0 Å². The van der Waals surface area contributed by atoms with Crippen LogP contribution in [0.25, 0.3) is 0 Å². The normalized spacial score (nSPS) is 15.3. The minimum Gasteiger partial charge on any atom is -0.322 e. The standard InChI is InChI=1S/C20H22N2O4S/c1-12(2)14-6-5-7-16(10-14)21-19(23)15-8-9-17-18(11-15)27(25,26)22(13(3)4)20(17)24/h5-13H,1-4H3,(H,21,23). The van der Waals surface area contributed by atoms with Gasteiger partial charge >= 0.3 is 0 Å². The first-order valence-electron chi connectivity index (χ1n) is 8.77. The number of anilines is 1.